The Bertz CT molecular complexity index is 578. The third kappa shape index (κ3) is 2.20. The SMILES string of the molecule is CCOC(=O)C(N=O)c1cccc2ncccc12. The number of carbonyl (C=O) groups is 1. The van der Waals surface area contributed by atoms with Crippen molar-refractivity contribution in [3.8, 4) is 0 Å². The fourth-order valence-electron chi connectivity index (χ4n) is 1.81. The van der Waals surface area contributed by atoms with E-state index < -0.39 is 12.0 Å². The van der Waals surface area contributed by atoms with Crippen LogP contribution in [0.25, 0.3) is 10.9 Å². The maximum absolute atomic E-state index is 11.7. The van der Waals surface area contributed by atoms with Gasteiger partial charge in [0.1, 0.15) is 0 Å². The van der Waals surface area contributed by atoms with Gasteiger partial charge < -0.3 is 4.74 Å². The molecule has 0 saturated carbocycles. The summed E-state index contributed by atoms with van der Waals surface area (Å²) >= 11 is 0. The van der Waals surface area contributed by atoms with Crippen LogP contribution >= 0.6 is 0 Å². The number of hydrogen-bond donors (Lipinski definition) is 0. The van der Waals surface area contributed by atoms with Crippen LogP contribution in [0.5, 0.6) is 0 Å². The minimum absolute atomic E-state index is 0.216. The van der Waals surface area contributed by atoms with Gasteiger partial charge in [0.15, 0.2) is 0 Å². The molecule has 1 aromatic carbocycles. The highest BCUT2D eigenvalue weighted by molar-refractivity contribution is 5.88. The fraction of sp³-hybridized carbons (Fsp3) is 0.231. The average molecular weight is 244 g/mol. The molecular weight excluding hydrogens is 232 g/mol. The highest BCUT2D eigenvalue weighted by Crippen LogP contribution is 2.26. The van der Waals surface area contributed by atoms with E-state index in [-0.39, 0.29) is 6.61 Å². The molecule has 0 spiro atoms. The molecule has 1 aromatic heterocycles. The second kappa shape index (κ2) is 5.35. The number of hydrogen-bond acceptors (Lipinski definition) is 5. The zero-order valence-corrected chi connectivity index (χ0v) is 9.87. The average Bonchev–Trinajstić information content (AvgIpc) is 2.40. The lowest BCUT2D eigenvalue weighted by molar-refractivity contribution is -0.144. The molecule has 0 saturated heterocycles. The first-order valence-corrected chi connectivity index (χ1v) is 5.60. The fourth-order valence-corrected chi connectivity index (χ4v) is 1.81. The standard InChI is InChI=1S/C13H12N2O3/c1-2-18-13(16)12(15-17)10-5-3-7-11-9(10)6-4-8-14-11/h3-8,12H,2H2,1H3. The number of esters is 1. The second-order valence-corrected chi connectivity index (χ2v) is 3.68. The molecular formula is C13H12N2O3. The summed E-state index contributed by atoms with van der Waals surface area (Å²) in [6.45, 7) is 1.90. The molecule has 92 valence electrons. The number of nitrogens with zero attached hydrogens (tertiary/aromatic N) is 2. The molecule has 2 rings (SSSR count). The van der Waals surface area contributed by atoms with Crippen LogP contribution in [0.3, 0.4) is 0 Å². The molecule has 2 aromatic rings. The molecule has 5 nitrogen and oxygen atoms in total. The van der Waals surface area contributed by atoms with Gasteiger partial charge in [0.05, 0.1) is 12.1 Å². The first kappa shape index (κ1) is 12.2. The number of aromatic nitrogens is 1. The molecule has 0 aliphatic carbocycles. The molecule has 1 atom stereocenters. The van der Waals surface area contributed by atoms with Crippen molar-refractivity contribution in [2.24, 2.45) is 5.18 Å². The smallest absolute Gasteiger partial charge is 0.339 e. The minimum atomic E-state index is -1.14. The van der Waals surface area contributed by atoms with Crippen LogP contribution in [0.15, 0.2) is 41.7 Å². The molecule has 0 aliphatic heterocycles. The van der Waals surface area contributed by atoms with Gasteiger partial charge in [-0.1, -0.05) is 18.2 Å². The van der Waals surface area contributed by atoms with Crippen molar-refractivity contribution in [3.05, 3.63) is 47.0 Å². The topological polar surface area (TPSA) is 68.6 Å². The Morgan fingerprint density at radius 1 is 1.39 bits per heavy atom. The van der Waals surface area contributed by atoms with Crippen molar-refractivity contribution < 1.29 is 9.53 Å². The van der Waals surface area contributed by atoms with Gasteiger partial charge in [0.25, 0.3) is 0 Å². The van der Waals surface area contributed by atoms with E-state index >= 15 is 0 Å². The van der Waals surface area contributed by atoms with E-state index in [1.165, 1.54) is 0 Å². The van der Waals surface area contributed by atoms with E-state index in [0.29, 0.717) is 11.1 Å². The van der Waals surface area contributed by atoms with Crippen LogP contribution in [0.1, 0.15) is 18.5 Å². The van der Waals surface area contributed by atoms with Crippen LogP contribution in [-0.2, 0) is 9.53 Å². The Balaban J connectivity index is 2.51. The van der Waals surface area contributed by atoms with Crippen molar-refractivity contribution in [1.82, 2.24) is 4.98 Å². The summed E-state index contributed by atoms with van der Waals surface area (Å²) in [5, 5.41) is 3.61. The van der Waals surface area contributed by atoms with Crippen LogP contribution < -0.4 is 0 Å². The number of rotatable bonds is 4. The third-order valence-electron chi connectivity index (χ3n) is 2.59. The number of ether oxygens (including phenoxy) is 1. The Kier molecular flexibility index (Phi) is 3.62. The maximum Gasteiger partial charge on any atom is 0.339 e. The highest BCUT2D eigenvalue weighted by atomic mass is 16.5. The van der Waals surface area contributed by atoms with E-state index in [0.717, 1.165) is 5.39 Å². The van der Waals surface area contributed by atoms with Gasteiger partial charge in [0, 0.05) is 17.1 Å². The minimum Gasteiger partial charge on any atom is -0.464 e. The van der Waals surface area contributed by atoms with Gasteiger partial charge in [-0.15, -0.1) is 4.91 Å². The molecule has 1 unspecified atom stereocenters. The molecule has 0 fully saturated rings. The lowest BCUT2D eigenvalue weighted by Gasteiger charge is -2.10. The summed E-state index contributed by atoms with van der Waals surface area (Å²) in [4.78, 5) is 26.7. The van der Waals surface area contributed by atoms with Crippen LogP contribution in [0.2, 0.25) is 0 Å². The summed E-state index contributed by atoms with van der Waals surface area (Å²) < 4.78 is 4.85. The van der Waals surface area contributed by atoms with E-state index in [9.17, 15) is 9.70 Å². The normalized spacial score (nSPS) is 12.1. The number of pyridine rings is 1. The molecule has 0 amide bonds. The largest absolute Gasteiger partial charge is 0.464 e. The van der Waals surface area contributed by atoms with Crippen LogP contribution in [0.4, 0.5) is 0 Å². The maximum atomic E-state index is 11.7. The Morgan fingerprint density at radius 3 is 2.94 bits per heavy atom. The number of carbonyl (C=O) groups excluding carboxylic acids is 1. The quantitative estimate of drug-likeness (QED) is 0.612. The number of benzene rings is 1. The van der Waals surface area contributed by atoms with Gasteiger partial charge in [0.2, 0.25) is 6.04 Å². The third-order valence-corrected chi connectivity index (χ3v) is 2.59. The van der Waals surface area contributed by atoms with Gasteiger partial charge in [-0.05, 0) is 24.2 Å². The monoisotopic (exact) mass is 244 g/mol. The first-order chi connectivity index (χ1) is 8.77. The van der Waals surface area contributed by atoms with Gasteiger partial charge in [-0.2, -0.15) is 0 Å². The lowest BCUT2D eigenvalue weighted by Crippen LogP contribution is -2.14. The van der Waals surface area contributed by atoms with Crippen molar-refractivity contribution >= 4 is 16.9 Å². The summed E-state index contributed by atoms with van der Waals surface area (Å²) in [6, 6.07) is 7.65. The zero-order valence-electron chi connectivity index (χ0n) is 9.87. The van der Waals surface area contributed by atoms with Crippen molar-refractivity contribution in [2.45, 2.75) is 13.0 Å². The van der Waals surface area contributed by atoms with Crippen molar-refractivity contribution in [1.29, 1.82) is 0 Å². The van der Waals surface area contributed by atoms with Crippen molar-refractivity contribution in [2.75, 3.05) is 6.61 Å². The highest BCUT2D eigenvalue weighted by Gasteiger charge is 2.24. The van der Waals surface area contributed by atoms with Crippen LogP contribution in [0, 0.1) is 4.91 Å². The Morgan fingerprint density at radius 2 is 2.22 bits per heavy atom. The molecule has 18 heavy (non-hydrogen) atoms. The van der Waals surface area contributed by atoms with E-state index in [2.05, 4.69) is 10.2 Å². The molecule has 0 aliphatic rings. The predicted octanol–water partition coefficient (Wildman–Crippen LogP) is 2.61. The van der Waals surface area contributed by atoms with E-state index in [1.807, 2.05) is 6.07 Å². The summed E-state index contributed by atoms with van der Waals surface area (Å²) in [5.74, 6) is -0.635. The summed E-state index contributed by atoms with van der Waals surface area (Å²) in [6.07, 6.45) is 1.65. The molecule has 0 N–H and O–H groups in total. The van der Waals surface area contributed by atoms with E-state index in [1.54, 1.807) is 37.4 Å². The molecule has 0 bridgehead atoms. The van der Waals surface area contributed by atoms with Gasteiger partial charge in [-0.3, -0.25) is 4.98 Å². The molecule has 1 heterocycles. The van der Waals surface area contributed by atoms with Crippen molar-refractivity contribution in [3.63, 3.8) is 0 Å². The van der Waals surface area contributed by atoms with E-state index in [4.69, 9.17) is 4.74 Å². The first-order valence-electron chi connectivity index (χ1n) is 5.60. The summed E-state index contributed by atoms with van der Waals surface area (Å²) in [7, 11) is 0. The number of nitroso groups, excluding NO2 is 1. The zero-order chi connectivity index (χ0) is 13.0. The Labute approximate surface area is 104 Å². The predicted molar refractivity (Wildman–Crippen MR) is 66.9 cm³/mol. The van der Waals surface area contributed by atoms with Crippen LogP contribution in [-0.4, -0.2) is 17.6 Å². The van der Waals surface area contributed by atoms with Gasteiger partial charge in [-0.25, -0.2) is 4.79 Å². The lowest BCUT2D eigenvalue weighted by atomic mass is 10.0. The summed E-state index contributed by atoms with van der Waals surface area (Å²) in [5.41, 5.74) is 1.24. The molecule has 5 heteroatoms. The number of fused-ring (bicyclic) bond motifs is 1. The molecule has 0 radical (unpaired) electrons. The Hall–Kier alpha value is -2.30. The van der Waals surface area contributed by atoms with Gasteiger partial charge >= 0.3 is 5.97 Å². The second-order valence-electron chi connectivity index (χ2n) is 3.68.